The molecule has 6 nitrogen and oxygen atoms in total. The lowest BCUT2D eigenvalue weighted by Crippen LogP contribution is -2.47. The van der Waals surface area contributed by atoms with Gasteiger partial charge in [0.1, 0.15) is 11.5 Å². The Labute approximate surface area is 218 Å². The summed E-state index contributed by atoms with van der Waals surface area (Å²) in [4.78, 5) is 22.3. The fourth-order valence-electron chi connectivity index (χ4n) is 5.49. The third-order valence-electron chi connectivity index (χ3n) is 7.88. The Morgan fingerprint density at radius 2 is 1.84 bits per heavy atom. The van der Waals surface area contributed by atoms with Gasteiger partial charge in [-0.2, -0.15) is 0 Å². The maximum absolute atomic E-state index is 13.7. The molecule has 3 heterocycles. The van der Waals surface area contributed by atoms with Crippen LogP contribution in [0.4, 0.5) is 4.39 Å². The number of carbonyl (C=O) groups is 1. The second kappa shape index (κ2) is 10.6. The summed E-state index contributed by atoms with van der Waals surface area (Å²) in [5, 5.41) is 10.3. The lowest BCUT2D eigenvalue weighted by atomic mass is 9.92. The second-order valence-electron chi connectivity index (χ2n) is 10.5. The maximum Gasteiger partial charge on any atom is 0.272 e. The summed E-state index contributed by atoms with van der Waals surface area (Å²) in [6.07, 6.45) is 10.1. The Kier molecular flexibility index (Phi) is 7.26. The number of benzene rings is 2. The summed E-state index contributed by atoms with van der Waals surface area (Å²) >= 11 is 0. The van der Waals surface area contributed by atoms with Crippen LogP contribution in [0.1, 0.15) is 55.2 Å². The van der Waals surface area contributed by atoms with E-state index in [1.807, 2.05) is 40.7 Å². The van der Waals surface area contributed by atoms with Crippen LogP contribution in [0, 0.1) is 5.82 Å². The van der Waals surface area contributed by atoms with E-state index in [1.165, 1.54) is 12.1 Å². The predicted molar refractivity (Wildman–Crippen MR) is 143 cm³/mol. The molecule has 1 amide bonds. The molecule has 2 atom stereocenters. The van der Waals surface area contributed by atoms with Crippen LogP contribution in [0.5, 0.6) is 0 Å². The number of piperidine rings is 1. The normalized spacial score (nSPS) is 21.0. The third kappa shape index (κ3) is 5.53. The molecule has 0 radical (unpaired) electrons. The monoisotopic (exact) mass is 502 g/mol. The van der Waals surface area contributed by atoms with Crippen LogP contribution < -0.4 is 0 Å². The van der Waals surface area contributed by atoms with Crippen molar-refractivity contribution < 1.29 is 14.3 Å². The number of amides is 1. The lowest BCUT2D eigenvalue weighted by molar-refractivity contribution is -0.0126. The number of hydrogen-bond acceptors (Lipinski definition) is 4. The van der Waals surface area contributed by atoms with Crippen molar-refractivity contribution in [1.82, 2.24) is 19.4 Å². The van der Waals surface area contributed by atoms with Crippen molar-refractivity contribution in [3.8, 4) is 11.1 Å². The Morgan fingerprint density at radius 3 is 2.59 bits per heavy atom. The SMILES string of the molecule is C[C@@H](c1ccccc1-c1ccc(F)cc1)n1cncc1C(=O)N1CC=CC(N2CCC(C)(O)CC2)CC1. The molecule has 7 heteroatoms. The van der Waals surface area contributed by atoms with E-state index in [1.54, 1.807) is 24.7 Å². The first kappa shape index (κ1) is 25.4. The van der Waals surface area contributed by atoms with Crippen LogP contribution in [0.3, 0.4) is 0 Å². The standard InChI is InChI=1S/C30H35FN4O2/c1-22(26-7-3-4-8-27(26)23-9-11-24(31)12-10-23)35-21-32-20-28(35)29(36)34-16-5-6-25(13-17-34)33-18-14-30(2,37)15-19-33/h3-12,20-22,25,37H,13-19H2,1-2H3/t22-,25?/m0/s1. The number of likely N-dealkylation sites (tertiary alicyclic amines) is 1. The first-order valence-electron chi connectivity index (χ1n) is 13.1. The summed E-state index contributed by atoms with van der Waals surface area (Å²) in [6, 6.07) is 14.7. The van der Waals surface area contributed by atoms with Gasteiger partial charge in [-0.1, -0.05) is 48.6 Å². The zero-order chi connectivity index (χ0) is 26.0. The van der Waals surface area contributed by atoms with Gasteiger partial charge in [0, 0.05) is 32.2 Å². The van der Waals surface area contributed by atoms with Gasteiger partial charge >= 0.3 is 0 Å². The molecule has 194 valence electrons. The van der Waals surface area contributed by atoms with Crippen molar-refractivity contribution in [2.45, 2.75) is 50.8 Å². The van der Waals surface area contributed by atoms with Crippen LogP contribution in [0.25, 0.3) is 11.1 Å². The van der Waals surface area contributed by atoms with Gasteiger partial charge in [0.05, 0.1) is 24.2 Å². The minimum Gasteiger partial charge on any atom is -0.390 e. The molecule has 2 aromatic carbocycles. The van der Waals surface area contributed by atoms with Crippen molar-refractivity contribution in [2.24, 2.45) is 0 Å². The molecule has 1 aromatic heterocycles. The van der Waals surface area contributed by atoms with Crippen molar-refractivity contribution in [2.75, 3.05) is 26.2 Å². The van der Waals surface area contributed by atoms with Gasteiger partial charge in [-0.25, -0.2) is 9.37 Å². The minimum atomic E-state index is -0.572. The molecule has 0 aliphatic carbocycles. The van der Waals surface area contributed by atoms with Gasteiger partial charge in [0.2, 0.25) is 0 Å². The predicted octanol–water partition coefficient (Wildman–Crippen LogP) is 4.92. The highest BCUT2D eigenvalue weighted by Gasteiger charge is 2.31. The molecule has 1 fully saturated rings. The first-order valence-corrected chi connectivity index (χ1v) is 13.1. The summed E-state index contributed by atoms with van der Waals surface area (Å²) in [7, 11) is 0. The van der Waals surface area contributed by atoms with Crippen LogP contribution in [0.2, 0.25) is 0 Å². The maximum atomic E-state index is 13.7. The van der Waals surface area contributed by atoms with Gasteiger partial charge in [-0.15, -0.1) is 0 Å². The zero-order valence-electron chi connectivity index (χ0n) is 21.6. The van der Waals surface area contributed by atoms with E-state index < -0.39 is 5.60 Å². The molecular weight excluding hydrogens is 467 g/mol. The molecule has 2 aliphatic rings. The van der Waals surface area contributed by atoms with Crippen LogP contribution in [0.15, 0.2) is 73.2 Å². The van der Waals surface area contributed by atoms with Gasteiger partial charge in [-0.3, -0.25) is 9.69 Å². The molecule has 1 saturated heterocycles. The summed E-state index contributed by atoms with van der Waals surface area (Å²) in [6.45, 7) is 6.93. The van der Waals surface area contributed by atoms with Gasteiger partial charge in [0.15, 0.2) is 0 Å². The molecular formula is C30H35FN4O2. The summed E-state index contributed by atoms with van der Waals surface area (Å²) < 4.78 is 15.5. The number of aromatic nitrogens is 2. The van der Waals surface area contributed by atoms with E-state index in [9.17, 15) is 14.3 Å². The topological polar surface area (TPSA) is 61.6 Å². The fraction of sp³-hybridized carbons (Fsp3) is 0.400. The highest BCUT2D eigenvalue weighted by molar-refractivity contribution is 5.92. The molecule has 3 aromatic rings. The largest absolute Gasteiger partial charge is 0.390 e. The van der Waals surface area contributed by atoms with Crippen LogP contribution in [-0.4, -0.2) is 68.2 Å². The second-order valence-corrected chi connectivity index (χ2v) is 10.5. The molecule has 0 spiro atoms. The van der Waals surface area contributed by atoms with Crippen molar-refractivity contribution in [3.05, 3.63) is 90.3 Å². The van der Waals surface area contributed by atoms with Gasteiger partial charge in [0.25, 0.3) is 5.91 Å². The van der Waals surface area contributed by atoms with E-state index in [4.69, 9.17) is 0 Å². The number of nitrogens with zero attached hydrogens (tertiary/aromatic N) is 4. The molecule has 0 bridgehead atoms. The summed E-state index contributed by atoms with van der Waals surface area (Å²) in [5.74, 6) is -0.298. The lowest BCUT2D eigenvalue weighted by Gasteiger charge is -2.39. The van der Waals surface area contributed by atoms with E-state index in [0.717, 1.165) is 49.0 Å². The quantitative estimate of drug-likeness (QED) is 0.504. The Morgan fingerprint density at radius 1 is 1.11 bits per heavy atom. The zero-order valence-corrected chi connectivity index (χ0v) is 21.6. The number of halogens is 1. The van der Waals surface area contributed by atoms with E-state index >= 15 is 0 Å². The Bertz CT molecular complexity index is 1260. The van der Waals surface area contributed by atoms with E-state index in [-0.39, 0.29) is 23.8 Å². The first-order chi connectivity index (χ1) is 17.8. The molecule has 1 N–H and O–H groups in total. The average Bonchev–Trinajstić information content (AvgIpc) is 3.26. The molecule has 5 rings (SSSR count). The minimum absolute atomic E-state index is 0.0320. The average molecular weight is 503 g/mol. The highest BCUT2D eigenvalue weighted by Crippen LogP contribution is 2.31. The fourth-order valence-corrected chi connectivity index (χ4v) is 5.49. The molecule has 2 aliphatic heterocycles. The van der Waals surface area contributed by atoms with Crippen molar-refractivity contribution >= 4 is 5.91 Å². The molecule has 1 unspecified atom stereocenters. The number of aliphatic hydroxyl groups is 1. The Balaban J connectivity index is 1.32. The van der Waals surface area contributed by atoms with Gasteiger partial charge in [-0.05, 0) is 61.9 Å². The van der Waals surface area contributed by atoms with Crippen LogP contribution >= 0.6 is 0 Å². The van der Waals surface area contributed by atoms with E-state index in [2.05, 4.69) is 29.0 Å². The van der Waals surface area contributed by atoms with E-state index in [0.29, 0.717) is 18.8 Å². The summed E-state index contributed by atoms with van der Waals surface area (Å²) in [5.41, 5.74) is 2.96. The van der Waals surface area contributed by atoms with Crippen molar-refractivity contribution in [3.63, 3.8) is 0 Å². The highest BCUT2D eigenvalue weighted by atomic mass is 19.1. The number of imidazole rings is 1. The number of carbonyl (C=O) groups excluding carboxylic acids is 1. The number of hydrogen-bond donors (Lipinski definition) is 1. The number of rotatable bonds is 5. The molecule has 0 saturated carbocycles. The van der Waals surface area contributed by atoms with Crippen molar-refractivity contribution in [1.29, 1.82) is 0 Å². The Hall–Kier alpha value is -3.29. The van der Waals surface area contributed by atoms with Crippen LogP contribution in [-0.2, 0) is 0 Å². The van der Waals surface area contributed by atoms with Gasteiger partial charge < -0.3 is 14.6 Å². The third-order valence-corrected chi connectivity index (χ3v) is 7.88. The molecule has 37 heavy (non-hydrogen) atoms. The smallest absolute Gasteiger partial charge is 0.272 e.